The lowest BCUT2D eigenvalue weighted by molar-refractivity contribution is 0.0600. The third kappa shape index (κ3) is 2.58. The highest BCUT2D eigenvalue weighted by atomic mass is 16.5. The van der Waals surface area contributed by atoms with Crippen LogP contribution in [0.5, 0.6) is 5.75 Å². The monoisotopic (exact) mass is 282 g/mol. The van der Waals surface area contributed by atoms with Gasteiger partial charge in [-0.05, 0) is 23.8 Å². The lowest BCUT2D eigenvalue weighted by Crippen LogP contribution is -2.02. The molecule has 5 heteroatoms. The molecular weight excluding hydrogens is 268 g/mol. The van der Waals surface area contributed by atoms with Crippen molar-refractivity contribution in [1.82, 2.24) is 9.38 Å². The van der Waals surface area contributed by atoms with Crippen LogP contribution in [0.25, 0.3) is 5.65 Å². The molecule has 0 fully saturated rings. The number of nitrogens with zero attached hydrogens (tertiary/aromatic N) is 2. The molecule has 1 N–H and O–H groups in total. The number of aromatic hydroxyl groups is 1. The number of phenols is 1. The average Bonchev–Trinajstić information content (AvgIpc) is 2.90. The molecule has 0 aliphatic heterocycles. The third-order valence-electron chi connectivity index (χ3n) is 3.29. The summed E-state index contributed by atoms with van der Waals surface area (Å²) in [5.41, 5.74) is 2.84. The number of carbonyl (C=O) groups is 1. The smallest absolute Gasteiger partial charge is 0.339 e. The van der Waals surface area contributed by atoms with Gasteiger partial charge in [-0.2, -0.15) is 0 Å². The molecule has 0 spiro atoms. The molecule has 21 heavy (non-hydrogen) atoms. The molecular formula is C16H14N2O3. The van der Waals surface area contributed by atoms with Gasteiger partial charge in [0.15, 0.2) is 0 Å². The Morgan fingerprint density at radius 2 is 2.05 bits per heavy atom. The number of carbonyl (C=O) groups excluding carboxylic acids is 1. The second kappa shape index (κ2) is 5.28. The van der Waals surface area contributed by atoms with Crippen molar-refractivity contribution in [3.05, 3.63) is 65.6 Å². The number of esters is 1. The van der Waals surface area contributed by atoms with Gasteiger partial charge in [0.2, 0.25) is 0 Å². The van der Waals surface area contributed by atoms with E-state index in [1.165, 1.54) is 7.11 Å². The Balaban J connectivity index is 1.94. The number of imidazole rings is 1. The van der Waals surface area contributed by atoms with Crippen LogP contribution in [0.4, 0.5) is 0 Å². The average molecular weight is 282 g/mol. The number of phenolic OH excluding ortho intramolecular Hbond substituents is 1. The van der Waals surface area contributed by atoms with E-state index in [0.29, 0.717) is 12.0 Å². The van der Waals surface area contributed by atoms with Crippen LogP contribution in [-0.2, 0) is 11.2 Å². The van der Waals surface area contributed by atoms with Crippen LogP contribution in [0.2, 0.25) is 0 Å². The minimum atomic E-state index is -0.382. The summed E-state index contributed by atoms with van der Waals surface area (Å²) in [6.45, 7) is 0. The predicted octanol–water partition coefficient (Wildman–Crippen LogP) is 2.42. The molecule has 0 radical (unpaired) electrons. The highest BCUT2D eigenvalue weighted by Crippen LogP contribution is 2.19. The number of hydrogen-bond donors (Lipinski definition) is 1. The Labute approximate surface area is 121 Å². The first-order valence-electron chi connectivity index (χ1n) is 6.50. The molecule has 0 aliphatic rings. The molecule has 0 saturated carbocycles. The van der Waals surface area contributed by atoms with E-state index in [-0.39, 0.29) is 11.7 Å². The summed E-state index contributed by atoms with van der Waals surface area (Å²) >= 11 is 0. The number of rotatable bonds is 3. The largest absolute Gasteiger partial charge is 0.508 e. The van der Waals surface area contributed by atoms with Crippen LogP contribution in [0, 0.1) is 0 Å². The summed E-state index contributed by atoms with van der Waals surface area (Å²) in [5.74, 6) is -0.127. The molecule has 5 nitrogen and oxygen atoms in total. The normalized spacial score (nSPS) is 10.7. The predicted molar refractivity (Wildman–Crippen MR) is 77.4 cm³/mol. The van der Waals surface area contributed by atoms with E-state index >= 15 is 0 Å². The molecule has 0 saturated heterocycles. The summed E-state index contributed by atoms with van der Waals surface area (Å²) < 4.78 is 6.48. The minimum absolute atomic E-state index is 0.254. The van der Waals surface area contributed by atoms with E-state index in [1.807, 2.05) is 18.3 Å². The Bertz CT molecular complexity index is 808. The van der Waals surface area contributed by atoms with Crippen molar-refractivity contribution < 1.29 is 14.6 Å². The van der Waals surface area contributed by atoms with Crippen LogP contribution >= 0.6 is 0 Å². The lowest BCUT2D eigenvalue weighted by Gasteiger charge is -2.00. The van der Waals surface area contributed by atoms with Gasteiger partial charge in [-0.25, -0.2) is 9.78 Å². The van der Waals surface area contributed by atoms with Crippen LogP contribution in [0.1, 0.15) is 21.6 Å². The Hall–Kier alpha value is -2.82. The van der Waals surface area contributed by atoms with Crippen molar-refractivity contribution in [2.24, 2.45) is 0 Å². The maximum atomic E-state index is 11.5. The van der Waals surface area contributed by atoms with Gasteiger partial charge in [0.05, 0.1) is 18.4 Å². The van der Waals surface area contributed by atoms with Crippen LogP contribution in [0.15, 0.2) is 48.8 Å². The number of para-hydroxylation sites is 1. The van der Waals surface area contributed by atoms with E-state index < -0.39 is 0 Å². The number of fused-ring (bicyclic) bond motifs is 1. The third-order valence-corrected chi connectivity index (χ3v) is 3.29. The number of aromatic nitrogens is 2. The number of hydrogen-bond acceptors (Lipinski definition) is 4. The van der Waals surface area contributed by atoms with Crippen molar-refractivity contribution in [1.29, 1.82) is 0 Å². The highest BCUT2D eigenvalue weighted by molar-refractivity contribution is 5.89. The van der Waals surface area contributed by atoms with Gasteiger partial charge in [0.25, 0.3) is 0 Å². The molecule has 3 rings (SSSR count). The molecule has 0 aliphatic carbocycles. The van der Waals surface area contributed by atoms with Gasteiger partial charge >= 0.3 is 5.97 Å². The number of methoxy groups -OCH3 is 1. The fraction of sp³-hybridized carbons (Fsp3) is 0.125. The van der Waals surface area contributed by atoms with Gasteiger partial charge in [0, 0.05) is 18.8 Å². The van der Waals surface area contributed by atoms with E-state index in [1.54, 1.807) is 34.9 Å². The molecule has 0 amide bonds. The van der Waals surface area contributed by atoms with Crippen molar-refractivity contribution in [2.45, 2.75) is 6.42 Å². The second-order valence-electron chi connectivity index (χ2n) is 4.71. The number of ether oxygens (including phenoxy) is 1. The van der Waals surface area contributed by atoms with E-state index in [0.717, 1.165) is 16.9 Å². The molecule has 106 valence electrons. The van der Waals surface area contributed by atoms with Gasteiger partial charge in [-0.1, -0.05) is 18.2 Å². The van der Waals surface area contributed by atoms with Crippen LogP contribution in [-0.4, -0.2) is 27.6 Å². The zero-order valence-corrected chi connectivity index (χ0v) is 11.5. The SMILES string of the molecule is COC(=O)c1ccc2nc(Cc3ccccc3O)cn2c1. The van der Waals surface area contributed by atoms with Gasteiger partial charge in [0.1, 0.15) is 11.4 Å². The van der Waals surface area contributed by atoms with E-state index in [9.17, 15) is 9.90 Å². The Morgan fingerprint density at radius 1 is 1.24 bits per heavy atom. The Morgan fingerprint density at radius 3 is 2.81 bits per heavy atom. The van der Waals surface area contributed by atoms with Crippen molar-refractivity contribution in [3.63, 3.8) is 0 Å². The van der Waals surface area contributed by atoms with E-state index in [4.69, 9.17) is 4.74 Å². The van der Waals surface area contributed by atoms with Crippen molar-refractivity contribution >= 4 is 11.6 Å². The van der Waals surface area contributed by atoms with Gasteiger partial charge in [-0.15, -0.1) is 0 Å². The molecule has 2 aromatic heterocycles. The summed E-state index contributed by atoms with van der Waals surface area (Å²) in [6.07, 6.45) is 4.05. The summed E-state index contributed by atoms with van der Waals surface area (Å²) in [5, 5.41) is 9.80. The van der Waals surface area contributed by atoms with E-state index in [2.05, 4.69) is 4.98 Å². The van der Waals surface area contributed by atoms with Crippen molar-refractivity contribution in [3.8, 4) is 5.75 Å². The van der Waals surface area contributed by atoms with Crippen LogP contribution in [0.3, 0.4) is 0 Å². The molecule has 2 heterocycles. The summed E-state index contributed by atoms with van der Waals surface area (Å²) in [4.78, 5) is 16.0. The second-order valence-corrected chi connectivity index (χ2v) is 4.71. The number of benzene rings is 1. The zero-order valence-electron chi connectivity index (χ0n) is 11.5. The van der Waals surface area contributed by atoms with Crippen molar-refractivity contribution in [2.75, 3.05) is 7.11 Å². The molecule has 3 aromatic rings. The summed E-state index contributed by atoms with van der Waals surface area (Å²) in [6, 6.07) is 10.6. The molecule has 0 atom stereocenters. The highest BCUT2D eigenvalue weighted by Gasteiger charge is 2.09. The minimum Gasteiger partial charge on any atom is -0.508 e. The lowest BCUT2D eigenvalue weighted by atomic mass is 10.1. The quantitative estimate of drug-likeness (QED) is 0.749. The maximum Gasteiger partial charge on any atom is 0.339 e. The maximum absolute atomic E-state index is 11.5. The van der Waals surface area contributed by atoms with Crippen LogP contribution < -0.4 is 0 Å². The molecule has 1 aromatic carbocycles. The number of pyridine rings is 1. The zero-order chi connectivity index (χ0) is 14.8. The molecule has 0 bridgehead atoms. The first-order valence-corrected chi connectivity index (χ1v) is 6.50. The fourth-order valence-corrected chi connectivity index (χ4v) is 2.22. The molecule has 0 unspecified atom stereocenters. The standard InChI is InChI=1S/C16H14N2O3/c1-21-16(20)12-6-7-15-17-13(10-18(15)9-12)8-11-4-2-3-5-14(11)19/h2-7,9-10,19H,8H2,1H3. The van der Waals surface area contributed by atoms with Gasteiger partial charge < -0.3 is 14.2 Å². The fourth-order valence-electron chi connectivity index (χ4n) is 2.22. The first kappa shape index (κ1) is 13.2. The van der Waals surface area contributed by atoms with Gasteiger partial charge in [-0.3, -0.25) is 0 Å². The Kier molecular flexibility index (Phi) is 3.31. The summed E-state index contributed by atoms with van der Waals surface area (Å²) in [7, 11) is 1.35. The topological polar surface area (TPSA) is 63.8 Å². The first-order chi connectivity index (χ1) is 10.2.